The van der Waals surface area contributed by atoms with Crippen molar-refractivity contribution in [3.63, 3.8) is 0 Å². The van der Waals surface area contributed by atoms with Gasteiger partial charge in [-0.3, -0.25) is 14.8 Å². The fourth-order valence-electron chi connectivity index (χ4n) is 2.86. The van der Waals surface area contributed by atoms with Crippen LogP contribution in [0.4, 0.5) is 10.8 Å². The van der Waals surface area contributed by atoms with Crippen molar-refractivity contribution in [3.8, 4) is 5.75 Å². The van der Waals surface area contributed by atoms with Crippen LogP contribution in [0.25, 0.3) is 10.2 Å². The molecule has 1 amide bonds. The number of sulfonamides is 1. The predicted molar refractivity (Wildman–Crippen MR) is 128 cm³/mol. The fraction of sp³-hybridized carbons (Fsp3) is 0.0476. The highest BCUT2D eigenvalue weighted by Gasteiger charge is 2.16. The lowest BCUT2D eigenvalue weighted by atomic mass is 10.2. The van der Waals surface area contributed by atoms with Gasteiger partial charge in [0.2, 0.25) is 0 Å². The average Bonchev–Trinajstić information content (AvgIpc) is 3.19. The molecule has 1 heterocycles. The Bertz CT molecular complexity index is 1400. The van der Waals surface area contributed by atoms with Gasteiger partial charge in [-0.25, -0.2) is 13.4 Å². The molecule has 0 atom stereocenters. The molecular formula is C21H15Cl2N3O4S2. The van der Waals surface area contributed by atoms with Crippen LogP contribution in [-0.2, 0) is 10.0 Å². The Kier molecular flexibility index (Phi) is 6.25. The second-order valence-electron chi connectivity index (χ2n) is 6.54. The molecule has 0 spiro atoms. The molecule has 0 aliphatic carbocycles. The monoisotopic (exact) mass is 507 g/mol. The van der Waals surface area contributed by atoms with Crippen LogP contribution in [0.15, 0.2) is 65.6 Å². The van der Waals surface area contributed by atoms with E-state index < -0.39 is 15.9 Å². The SMILES string of the molecule is COc1ccc(Cl)c2sc(NC(=O)c3ccc(NS(=O)(=O)c4ccc(Cl)cc4)cc3)nc12. The largest absolute Gasteiger partial charge is 0.494 e. The first-order valence-electron chi connectivity index (χ1n) is 9.09. The van der Waals surface area contributed by atoms with Gasteiger partial charge >= 0.3 is 0 Å². The number of carbonyl (C=O) groups is 1. The van der Waals surface area contributed by atoms with E-state index in [0.717, 1.165) is 0 Å². The quantitative estimate of drug-likeness (QED) is 0.350. The van der Waals surface area contributed by atoms with E-state index in [4.69, 9.17) is 27.9 Å². The van der Waals surface area contributed by atoms with Crippen molar-refractivity contribution in [2.75, 3.05) is 17.1 Å². The standard InChI is InChI=1S/C21H15Cl2N3O4S2/c1-30-17-11-10-16(23)19-18(17)24-21(31-19)25-20(27)12-2-6-14(7-3-12)26-32(28,29)15-8-4-13(22)5-9-15/h2-11,26H,1H3,(H,24,25,27). The number of fused-ring (bicyclic) bond motifs is 1. The van der Waals surface area contributed by atoms with Crippen LogP contribution in [0, 0.1) is 0 Å². The zero-order valence-corrected chi connectivity index (χ0v) is 19.6. The van der Waals surface area contributed by atoms with Crippen molar-refractivity contribution in [1.82, 2.24) is 4.98 Å². The maximum atomic E-state index is 12.6. The second-order valence-corrected chi connectivity index (χ2v) is 10.1. The minimum absolute atomic E-state index is 0.0774. The third-order valence-corrected chi connectivity index (χ3v) is 7.50. The summed E-state index contributed by atoms with van der Waals surface area (Å²) in [5.41, 5.74) is 1.21. The van der Waals surface area contributed by atoms with Gasteiger partial charge < -0.3 is 4.74 Å². The summed E-state index contributed by atoms with van der Waals surface area (Å²) in [6.07, 6.45) is 0. The maximum Gasteiger partial charge on any atom is 0.261 e. The van der Waals surface area contributed by atoms with Crippen molar-refractivity contribution in [3.05, 3.63) is 76.3 Å². The molecule has 0 aliphatic heterocycles. The number of benzene rings is 3. The van der Waals surface area contributed by atoms with E-state index in [1.54, 1.807) is 12.1 Å². The minimum Gasteiger partial charge on any atom is -0.494 e. The van der Waals surface area contributed by atoms with Gasteiger partial charge in [-0.2, -0.15) is 0 Å². The molecule has 32 heavy (non-hydrogen) atoms. The first-order chi connectivity index (χ1) is 15.3. The van der Waals surface area contributed by atoms with E-state index in [9.17, 15) is 13.2 Å². The lowest BCUT2D eigenvalue weighted by Crippen LogP contribution is -2.14. The van der Waals surface area contributed by atoms with E-state index in [-0.39, 0.29) is 4.90 Å². The Morgan fingerprint density at radius 3 is 2.34 bits per heavy atom. The van der Waals surface area contributed by atoms with Gasteiger partial charge in [-0.15, -0.1) is 0 Å². The smallest absolute Gasteiger partial charge is 0.261 e. The fourth-order valence-corrected chi connectivity index (χ4v) is 5.19. The lowest BCUT2D eigenvalue weighted by Gasteiger charge is -2.09. The van der Waals surface area contributed by atoms with E-state index in [0.29, 0.717) is 42.4 Å². The molecule has 164 valence electrons. The van der Waals surface area contributed by atoms with Gasteiger partial charge in [0.15, 0.2) is 5.13 Å². The first-order valence-corrected chi connectivity index (χ1v) is 12.2. The van der Waals surface area contributed by atoms with Crippen molar-refractivity contribution in [2.45, 2.75) is 4.90 Å². The molecular weight excluding hydrogens is 493 g/mol. The Labute approximate surface area is 198 Å². The number of nitrogens with zero attached hydrogens (tertiary/aromatic N) is 1. The van der Waals surface area contributed by atoms with Crippen molar-refractivity contribution >= 4 is 71.5 Å². The molecule has 0 saturated carbocycles. The third kappa shape index (κ3) is 4.66. The summed E-state index contributed by atoms with van der Waals surface area (Å²) in [6, 6.07) is 15.2. The van der Waals surface area contributed by atoms with Crippen LogP contribution < -0.4 is 14.8 Å². The second kappa shape index (κ2) is 8.95. The third-order valence-electron chi connectivity index (χ3n) is 4.42. The summed E-state index contributed by atoms with van der Waals surface area (Å²) in [6.45, 7) is 0. The lowest BCUT2D eigenvalue weighted by molar-refractivity contribution is 0.102. The topological polar surface area (TPSA) is 97.4 Å². The zero-order chi connectivity index (χ0) is 22.9. The van der Waals surface area contributed by atoms with Crippen LogP contribution in [0.2, 0.25) is 10.0 Å². The number of carbonyl (C=O) groups excluding carboxylic acids is 1. The van der Waals surface area contributed by atoms with Crippen LogP contribution in [0.3, 0.4) is 0 Å². The van der Waals surface area contributed by atoms with E-state index in [1.807, 2.05) is 0 Å². The summed E-state index contributed by atoms with van der Waals surface area (Å²) in [5, 5.41) is 4.04. The minimum atomic E-state index is -3.78. The Morgan fingerprint density at radius 1 is 1.00 bits per heavy atom. The van der Waals surface area contributed by atoms with E-state index in [1.165, 1.54) is 67.0 Å². The van der Waals surface area contributed by atoms with Gasteiger partial charge in [-0.1, -0.05) is 34.5 Å². The summed E-state index contributed by atoms with van der Waals surface area (Å²) >= 11 is 13.2. The number of aromatic nitrogens is 1. The van der Waals surface area contributed by atoms with Crippen LogP contribution in [-0.4, -0.2) is 26.4 Å². The number of hydrogen-bond donors (Lipinski definition) is 2. The number of halogens is 2. The molecule has 4 rings (SSSR count). The zero-order valence-electron chi connectivity index (χ0n) is 16.4. The highest BCUT2D eigenvalue weighted by molar-refractivity contribution is 7.92. The van der Waals surface area contributed by atoms with E-state index in [2.05, 4.69) is 15.0 Å². The Morgan fingerprint density at radius 2 is 1.69 bits per heavy atom. The van der Waals surface area contributed by atoms with Gasteiger partial charge in [0.25, 0.3) is 15.9 Å². The Hall–Kier alpha value is -2.85. The van der Waals surface area contributed by atoms with Gasteiger partial charge in [-0.05, 0) is 60.7 Å². The van der Waals surface area contributed by atoms with Crippen LogP contribution >= 0.6 is 34.5 Å². The van der Waals surface area contributed by atoms with Crippen molar-refractivity contribution in [2.24, 2.45) is 0 Å². The number of rotatable bonds is 6. The summed E-state index contributed by atoms with van der Waals surface area (Å²) in [5.74, 6) is 0.157. The number of nitrogens with one attached hydrogen (secondary N) is 2. The van der Waals surface area contributed by atoms with Crippen LogP contribution in [0.5, 0.6) is 5.75 Å². The maximum absolute atomic E-state index is 12.6. The molecule has 7 nitrogen and oxygen atoms in total. The summed E-state index contributed by atoms with van der Waals surface area (Å²) < 4.78 is 33.4. The van der Waals surface area contributed by atoms with Crippen LogP contribution in [0.1, 0.15) is 10.4 Å². The predicted octanol–water partition coefficient (Wildman–Crippen LogP) is 5.66. The highest BCUT2D eigenvalue weighted by atomic mass is 35.5. The molecule has 11 heteroatoms. The molecule has 0 saturated heterocycles. The van der Waals surface area contributed by atoms with E-state index >= 15 is 0 Å². The summed E-state index contributed by atoms with van der Waals surface area (Å²) in [4.78, 5) is 17.1. The number of thiazole rings is 1. The molecule has 0 bridgehead atoms. The van der Waals surface area contributed by atoms with Gasteiger partial charge in [0.1, 0.15) is 11.3 Å². The molecule has 1 aromatic heterocycles. The number of anilines is 2. The van der Waals surface area contributed by atoms with Crippen molar-refractivity contribution in [1.29, 1.82) is 0 Å². The highest BCUT2D eigenvalue weighted by Crippen LogP contribution is 2.37. The number of methoxy groups -OCH3 is 1. The molecule has 0 radical (unpaired) electrons. The molecule has 0 aliphatic rings. The summed E-state index contributed by atoms with van der Waals surface area (Å²) in [7, 11) is -2.25. The molecule has 2 N–H and O–H groups in total. The molecule has 4 aromatic rings. The number of hydrogen-bond acceptors (Lipinski definition) is 6. The first kappa shape index (κ1) is 22.3. The van der Waals surface area contributed by atoms with Gasteiger partial charge in [0, 0.05) is 16.3 Å². The number of ether oxygens (including phenoxy) is 1. The normalized spacial score (nSPS) is 11.3. The average molecular weight is 508 g/mol. The number of amides is 1. The molecule has 0 fully saturated rings. The molecule has 0 unspecified atom stereocenters. The Balaban J connectivity index is 1.49. The van der Waals surface area contributed by atoms with Crippen molar-refractivity contribution < 1.29 is 17.9 Å². The molecule has 3 aromatic carbocycles. The van der Waals surface area contributed by atoms with Gasteiger partial charge in [0.05, 0.1) is 21.7 Å².